The molecule has 1 amide bonds. The summed E-state index contributed by atoms with van der Waals surface area (Å²) in [7, 11) is 1.64. The molecule has 2 aromatic heterocycles. The van der Waals surface area contributed by atoms with E-state index in [0.717, 1.165) is 64.2 Å². The van der Waals surface area contributed by atoms with Crippen molar-refractivity contribution in [2.75, 3.05) is 51.4 Å². The molecule has 0 saturated carbocycles. The Morgan fingerprint density at radius 3 is 2.77 bits per heavy atom. The van der Waals surface area contributed by atoms with Crippen molar-refractivity contribution in [1.82, 2.24) is 9.88 Å². The normalized spacial score (nSPS) is 14.5. The SMILES string of the molecule is COc1ccc2sc(N(CCCN3CCOCC3)C(=O)c3ccc(Br)s3)nc2c1.Cl. The van der Waals surface area contributed by atoms with Gasteiger partial charge in [0.2, 0.25) is 0 Å². The first-order chi connectivity index (χ1) is 14.1. The summed E-state index contributed by atoms with van der Waals surface area (Å²) >= 11 is 6.44. The maximum atomic E-state index is 13.3. The number of hydrogen-bond acceptors (Lipinski definition) is 7. The van der Waals surface area contributed by atoms with Crippen LogP contribution in [0.4, 0.5) is 5.13 Å². The van der Waals surface area contributed by atoms with Gasteiger partial charge in [0, 0.05) is 32.2 Å². The van der Waals surface area contributed by atoms with Crippen LogP contribution >= 0.6 is 51.0 Å². The van der Waals surface area contributed by atoms with Gasteiger partial charge in [-0.1, -0.05) is 11.3 Å². The third-order valence-corrected chi connectivity index (χ3v) is 7.47. The number of thiazole rings is 1. The van der Waals surface area contributed by atoms with Crippen LogP contribution in [0.25, 0.3) is 10.2 Å². The van der Waals surface area contributed by atoms with Gasteiger partial charge >= 0.3 is 0 Å². The average molecular weight is 533 g/mol. The van der Waals surface area contributed by atoms with Gasteiger partial charge in [0.1, 0.15) is 5.75 Å². The van der Waals surface area contributed by atoms with Crippen LogP contribution in [0, 0.1) is 0 Å². The lowest BCUT2D eigenvalue weighted by atomic mass is 10.3. The molecule has 0 radical (unpaired) electrons. The van der Waals surface area contributed by atoms with E-state index >= 15 is 0 Å². The van der Waals surface area contributed by atoms with Crippen LogP contribution < -0.4 is 9.64 Å². The highest BCUT2D eigenvalue weighted by atomic mass is 79.9. The minimum Gasteiger partial charge on any atom is -0.497 e. The third-order valence-electron chi connectivity index (χ3n) is 4.80. The number of aromatic nitrogens is 1. The molecule has 1 aliphatic rings. The average Bonchev–Trinajstić information content (AvgIpc) is 3.37. The van der Waals surface area contributed by atoms with Crippen LogP contribution in [0.15, 0.2) is 34.1 Å². The maximum absolute atomic E-state index is 13.3. The van der Waals surface area contributed by atoms with Crippen molar-refractivity contribution in [2.24, 2.45) is 0 Å². The fourth-order valence-corrected chi connectivity index (χ4v) is 5.57. The summed E-state index contributed by atoms with van der Waals surface area (Å²) in [6, 6.07) is 9.60. The highest BCUT2D eigenvalue weighted by Crippen LogP contribution is 2.33. The maximum Gasteiger partial charge on any atom is 0.270 e. The van der Waals surface area contributed by atoms with Crippen molar-refractivity contribution in [3.05, 3.63) is 39.0 Å². The van der Waals surface area contributed by atoms with E-state index in [0.29, 0.717) is 11.4 Å². The van der Waals surface area contributed by atoms with Gasteiger partial charge < -0.3 is 9.47 Å². The van der Waals surface area contributed by atoms with Gasteiger partial charge in [-0.2, -0.15) is 0 Å². The first-order valence-corrected chi connectivity index (χ1v) is 11.9. The quantitative estimate of drug-likeness (QED) is 0.432. The number of rotatable bonds is 7. The molecule has 3 heterocycles. The van der Waals surface area contributed by atoms with Crippen LogP contribution in [0.2, 0.25) is 0 Å². The van der Waals surface area contributed by atoms with Gasteiger partial charge in [-0.15, -0.1) is 23.7 Å². The van der Waals surface area contributed by atoms with Crippen molar-refractivity contribution in [3.63, 3.8) is 0 Å². The topological polar surface area (TPSA) is 54.9 Å². The number of fused-ring (bicyclic) bond motifs is 1. The zero-order valence-corrected chi connectivity index (χ0v) is 20.5. The number of methoxy groups -OCH3 is 1. The minimum absolute atomic E-state index is 0. The molecule has 1 aliphatic heterocycles. The summed E-state index contributed by atoms with van der Waals surface area (Å²) in [5, 5.41) is 0.727. The molecule has 0 unspecified atom stereocenters. The molecule has 1 fully saturated rings. The second kappa shape index (κ2) is 10.9. The standard InChI is InChI=1S/C20H22BrN3O3S2.ClH/c1-26-14-3-4-16-15(13-14)22-20(29-16)24(19(25)17-5-6-18(21)28-17)8-2-7-23-9-11-27-12-10-23;/h3-6,13H,2,7-12H2,1H3;1H. The monoisotopic (exact) mass is 531 g/mol. The second-order valence-electron chi connectivity index (χ2n) is 6.70. The van der Waals surface area contributed by atoms with E-state index in [9.17, 15) is 4.79 Å². The number of hydrogen-bond donors (Lipinski definition) is 0. The zero-order chi connectivity index (χ0) is 20.2. The van der Waals surface area contributed by atoms with Crippen molar-refractivity contribution >= 4 is 72.3 Å². The number of thiophene rings is 1. The molecule has 30 heavy (non-hydrogen) atoms. The predicted octanol–water partition coefficient (Wildman–Crippen LogP) is 4.92. The molecule has 0 bridgehead atoms. The number of morpholine rings is 1. The zero-order valence-electron chi connectivity index (χ0n) is 16.5. The molecule has 0 spiro atoms. The highest BCUT2D eigenvalue weighted by Gasteiger charge is 2.23. The van der Waals surface area contributed by atoms with Gasteiger partial charge in [0.25, 0.3) is 5.91 Å². The van der Waals surface area contributed by atoms with E-state index in [-0.39, 0.29) is 18.3 Å². The number of amides is 1. The first kappa shape index (κ1) is 23.4. The van der Waals surface area contributed by atoms with E-state index in [1.54, 1.807) is 7.11 Å². The molecule has 0 aliphatic carbocycles. The van der Waals surface area contributed by atoms with Crippen molar-refractivity contribution in [1.29, 1.82) is 0 Å². The molecular formula is C20H23BrClN3O3S2. The van der Waals surface area contributed by atoms with E-state index in [2.05, 4.69) is 20.8 Å². The van der Waals surface area contributed by atoms with E-state index in [1.807, 2.05) is 35.2 Å². The van der Waals surface area contributed by atoms with Crippen LogP contribution in [-0.4, -0.2) is 62.3 Å². The van der Waals surface area contributed by atoms with Crippen LogP contribution in [0.3, 0.4) is 0 Å². The Hall–Kier alpha value is -1.23. The fourth-order valence-electron chi connectivity index (χ4n) is 3.26. The summed E-state index contributed by atoms with van der Waals surface area (Å²) in [5.41, 5.74) is 0.850. The molecule has 1 aromatic carbocycles. The first-order valence-electron chi connectivity index (χ1n) is 9.46. The summed E-state index contributed by atoms with van der Waals surface area (Å²) in [4.78, 5) is 22.9. The number of carbonyl (C=O) groups excluding carboxylic acids is 1. The predicted molar refractivity (Wildman–Crippen MR) is 129 cm³/mol. The van der Waals surface area contributed by atoms with E-state index in [1.165, 1.54) is 22.7 Å². The molecule has 0 atom stereocenters. The number of ether oxygens (including phenoxy) is 2. The number of halogens is 2. The lowest BCUT2D eigenvalue weighted by Gasteiger charge is -2.27. The molecule has 0 N–H and O–H groups in total. The van der Waals surface area contributed by atoms with Crippen LogP contribution in [0.5, 0.6) is 5.75 Å². The number of carbonyl (C=O) groups is 1. The molecule has 4 rings (SSSR count). The van der Waals surface area contributed by atoms with E-state index in [4.69, 9.17) is 14.5 Å². The van der Waals surface area contributed by atoms with Crippen molar-refractivity contribution in [2.45, 2.75) is 6.42 Å². The lowest BCUT2D eigenvalue weighted by molar-refractivity contribution is 0.0376. The summed E-state index contributed by atoms with van der Waals surface area (Å²) in [6.45, 7) is 5.04. The molecule has 10 heteroatoms. The van der Waals surface area contributed by atoms with Gasteiger partial charge in [0.05, 0.1) is 39.2 Å². The number of anilines is 1. The Labute approximate surface area is 198 Å². The minimum atomic E-state index is -0.00583. The molecule has 6 nitrogen and oxygen atoms in total. The van der Waals surface area contributed by atoms with Crippen LogP contribution in [0.1, 0.15) is 16.1 Å². The Morgan fingerprint density at radius 2 is 2.07 bits per heavy atom. The number of benzene rings is 1. The number of nitrogens with zero attached hydrogens (tertiary/aromatic N) is 3. The molecule has 1 saturated heterocycles. The van der Waals surface area contributed by atoms with Crippen molar-refractivity contribution < 1.29 is 14.3 Å². The van der Waals surface area contributed by atoms with Gasteiger partial charge in [0.15, 0.2) is 5.13 Å². The summed E-state index contributed by atoms with van der Waals surface area (Å²) in [5.74, 6) is 0.760. The highest BCUT2D eigenvalue weighted by molar-refractivity contribution is 9.11. The fraction of sp³-hybridized carbons (Fsp3) is 0.400. The second-order valence-corrected chi connectivity index (χ2v) is 10.2. The lowest BCUT2D eigenvalue weighted by Crippen LogP contribution is -2.39. The van der Waals surface area contributed by atoms with E-state index < -0.39 is 0 Å². The van der Waals surface area contributed by atoms with Gasteiger partial charge in [-0.3, -0.25) is 14.6 Å². The third kappa shape index (κ3) is 5.52. The molecule has 162 valence electrons. The Balaban J connectivity index is 0.00000256. The molecule has 3 aromatic rings. The van der Waals surface area contributed by atoms with Crippen molar-refractivity contribution in [3.8, 4) is 5.75 Å². The largest absolute Gasteiger partial charge is 0.497 e. The Morgan fingerprint density at radius 1 is 1.27 bits per heavy atom. The van der Waals surface area contributed by atoms with Gasteiger partial charge in [-0.25, -0.2) is 4.98 Å². The Kier molecular flexibility index (Phi) is 8.50. The smallest absolute Gasteiger partial charge is 0.270 e. The van der Waals surface area contributed by atoms with Gasteiger partial charge in [-0.05, 0) is 46.6 Å². The molecular weight excluding hydrogens is 510 g/mol. The van der Waals surface area contributed by atoms with Crippen LogP contribution in [-0.2, 0) is 4.74 Å². The summed E-state index contributed by atoms with van der Waals surface area (Å²) < 4.78 is 12.7. The Bertz CT molecular complexity index is 991. The summed E-state index contributed by atoms with van der Waals surface area (Å²) in [6.07, 6.45) is 0.886.